The molecule has 0 radical (unpaired) electrons. The highest BCUT2D eigenvalue weighted by Crippen LogP contribution is 2.42. The molecule has 7 aromatic carbocycles. The van der Waals surface area contributed by atoms with Crippen LogP contribution in [0.3, 0.4) is 0 Å². The van der Waals surface area contributed by atoms with Crippen molar-refractivity contribution in [3.8, 4) is 22.3 Å². The standard InChI is InChI=1S/C65H58N8/c1-7-15-58(44(3)8-2)60-42-56(32-22-46(60)5)72(54-38-28-50(29-39-54)68-70-64-20-13-11-18-62(64)66)52-34-24-48(25-35-52)49-26-36-53(37-27-49)73(57-33-23-47(6)61(43-57)59-17-10-9-16-45(59)4)55-40-30-51(31-41-55)69-71-65-21-14-12-19-63(65)67/h7-43,66-69H,2H2,1,3-6H3/b15-7-,58-44+,66-62?,67-63?,70-64-,71-65-. The Morgan fingerprint density at radius 3 is 1.38 bits per heavy atom. The second-order valence-corrected chi connectivity index (χ2v) is 18.0. The third-order valence-corrected chi connectivity index (χ3v) is 13.0. The van der Waals surface area contributed by atoms with Gasteiger partial charge in [-0.2, -0.15) is 10.2 Å². The SMILES string of the molecule is C=C/C(C)=C(\C=C/C)c1cc(N(c2ccc(N/N=C3/C=CC=CC3=N)cc2)c2ccc(-c3ccc(N(c4ccc(N/N=C5/C=CC=CC5=N)cc4)c4ccc(C)c(-c5ccccc5C)c4)cc3)cc2)ccc1C. The van der Waals surface area contributed by atoms with Crippen molar-refractivity contribution < 1.29 is 0 Å². The Morgan fingerprint density at radius 2 is 0.918 bits per heavy atom. The van der Waals surface area contributed by atoms with Crippen molar-refractivity contribution in [3.05, 3.63) is 259 Å². The number of benzene rings is 7. The van der Waals surface area contributed by atoms with Crippen LogP contribution in [0.25, 0.3) is 27.8 Å². The molecule has 2 aliphatic carbocycles. The molecule has 0 bridgehead atoms. The first kappa shape index (κ1) is 48.6. The Balaban J connectivity index is 1.05. The molecular weight excluding hydrogens is 893 g/mol. The summed E-state index contributed by atoms with van der Waals surface area (Å²) in [6, 6.07) is 55.8. The van der Waals surface area contributed by atoms with Crippen LogP contribution in [-0.2, 0) is 0 Å². The van der Waals surface area contributed by atoms with Crippen LogP contribution in [0.2, 0.25) is 0 Å². The second-order valence-electron chi connectivity index (χ2n) is 18.0. The zero-order chi connectivity index (χ0) is 50.8. The van der Waals surface area contributed by atoms with Crippen molar-refractivity contribution in [3.63, 3.8) is 0 Å². The molecule has 0 spiro atoms. The maximum Gasteiger partial charge on any atom is 0.108 e. The minimum Gasteiger partial charge on any atom is -0.310 e. The van der Waals surface area contributed by atoms with E-state index >= 15 is 0 Å². The topological polar surface area (TPSA) is 103 Å². The van der Waals surface area contributed by atoms with Gasteiger partial charge in [-0.05, 0) is 212 Å². The zero-order valence-corrected chi connectivity index (χ0v) is 41.9. The van der Waals surface area contributed by atoms with Gasteiger partial charge in [-0.1, -0.05) is 110 Å². The highest BCUT2D eigenvalue weighted by atomic mass is 15.3. The number of hydrogen-bond donors (Lipinski definition) is 4. The smallest absolute Gasteiger partial charge is 0.108 e. The van der Waals surface area contributed by atoms with Gasteiger partial charge < -0.3 is 9.80 Å². The molecule has 0 saturated carbocycles. The minimum absolute atomic E-state index is 0.360. The predicted octanol–water partition coefficient (Wildman–Crippen LogP) is 17.2. The number of nitrogens with zero attached hydrogens (tertiary/aromatic N) is 4. The maximum atomic E-state index is 8.23. The summed E-state index contributed by atoms with van der Waals surface area (Å²) in [6.07, 6.45) is 20.7. The molecule has 0 aliphatic heterocycles. The number of aryl methyl sites for hydroxylation is 3. The van der Waals surface area contributed by atoms with E-state index in [0.29, 0.717) is 22.8 Å². The van der Waals surface area contributed by atoms with Crippen molar-refractivity contribution in [1.82, 2.24) is 0 Å². The lowest BCUT2D eigenvalue weighted by molar-refractivity contribution is 1.26. The molecule has 8 heteroatoms. The Bertz CT molecular complexity index is 3470. The van der Waals surface area contributed by atoms with Gasteiger partial charge in [-0.15, -0.1) is 0 Å². The third-order valence-electron chi connectivity index (χ3n) is 13.0. The predicted molar refractivity (Wildman–Crippen MR) is 313 cm³/mol. The van der Waals surface area contributed by atoms with E-state index in [9.17, 15) is 0 Å². The maximum absolute atomic E-state index is 8.23. The molecule has 73 heavy (non-hydrogen) atoms. The molecule has 8 nitrogen and oxygen atoms in total. The quantitative estimate of drug-likeness (QED) is 0.0467. The molecule has 2 aliphatic rings. The molecule has 0 unspecified atom stereocenters. The van der Waals surface area contributed by atoms with Crippen LogP contribution in [-0.4, -0.2) is 22.8 Å². The summed E-state index contributed by atoms with van der Waals surface area (Å²) < 4.78 is 0. The van der Waals surface area contributed by atoms with Gasteiger partial charge in [0.15, 0.2) is 0 Å². The number of rotatable bonds is 15. The summed E-state index contributed by atoms with van der Waals surface area (Å²) in [6.45, 7) is 14.7. The van der Waals surface area contributed by atoms with Crippen LogP contribution in [0.1, 0.15) is 36.1 Å². The Morgan fingerprint density at radius 1 is 0.493 bits per heavy atom. The average Bonchev–Trinajstić information content (AvgIpc) is 3.42. The van der Waals surface area contributed by atoms with Gasteiger partial charge in [0, 0.05) is 34.1 Å². The van der Waals surface area contributed by atoms with Crippen molar-refractivity contribution >= 4 is 73.9 Å². The molecule has 0 saturated heterocycles. The van der Waals surface area contributed by atoms with Gasteiger partial charge in [0.2, 0.25) is 0 Å². The summed E-state index contributed by atoms with van der Waals surface area (Å²) in [7, 11) is 0. The van der Waals surface area contributed by atoms with Gasteiger partial charge in [0.1, 0.15) is 11.4 Å². The Labute approximate surface area is 429 Å². The van der Waals surface area contributed by atoms with E-state index in [2.05, 4.69) is 211 Å². The van der Waals surface area contributed by atoms with Crippen molar-refractivity contribution in [1.29, 1.82) is 10.8 Å². The molecule has 0 amide bonds. The fraction of sp³-hybridized carbons (Fsp3) is 0.0769. The number of anilines is 8. The van der Waals surface area contributed by atoms with Gasteiger partial charge >= 0.3 is 0 Å². The Kier molecular flexibility index (Phi) is 14.7. The van der Waals surface area contributed by atoms with E-state index < -0.39 is 0 Å². The molecule has 0 heterocycles. The molecule has 4 N–H and O–H groups in total. The van der Waals surface area contributed by atoms with Gasteiger partial charge in [-0.3, -0.25) is 21.7 Å². The normalized spacial score (nSPS) is 14.5. The monoisotopic (exact) mass is 950 g/mol. The van der Waals surface area contributed by atoms with E-state index in [1.165, 1.54) is 27.8 Å². The lowest BCUT2D eigenvalue weighted by Crippen LogP contribution is -2.12. The number of hydrazone groups is 2. The average molecular weight is 951 g/mol. The van der Waals surface area contributed by atoms with E-state index in [0.717, 1.165) is 73.3 Å². The lowest BCUT2D eigenvalue weighted by Gasteiger charge is -2.27. The van der Waals surface area contributed by atoms with Crippen LogP contribution in [0.15, 0.2) is 247 Å². The van der Waals surface area contributed by atoms with E-state index in [1.807, 2.05) is 73.7 Å². The summed E-state index contributed by atoms with van der Waals surface area (Å²) in [5, 5.41) is 25.4. The van der Waals surface area contributed by atoms with Gasteiger partial charge in [-0.25, -0.2) is 0 Å². The summed E-state index contributed by atoms with van der Waals surface area (Å²) in [5.74, 6) is 0. The van der Waals surface area contributed by atoms with E-state index in [-0.39, 0.29) is 0 Å². The largest absolute Gasteiger partial charge is 0.310 e. The summed E-state index contributed by atoms with van der Waals surface area (Å²) >= 11 is 0. The van der Waals surface area contributed by atoms with E-state index in [1.54, 1.807) is 12.2 Å². The first-order valence-electron chi connectivity index (χ1n) is 24.4. The van der Waals surface area contributed by atoms with Gasteiger partial charge in [0.05, 0.1) is 22.8 Å². The van der Waals surface area contributed by atoms with Crippen LogP contribution < -0.4 is 20.7 Å². The number of nitrogens with one attached hydrogen (secondary N) is 4. The molecule has 9 rings (SSSR count). The third kappa shape index (κ3) is 11.0. The summed E-state index contributed by atoms with van der Waals surface area (Å²) in [5.41, 5.74) is 27.4. The van der Waals surface area contributed by atoms with Gasteiger partial charge in [0.25, 0.3) is 0 Å². The molecule has 0 atom stereocenters. The molecule has 358 valence electrons. The first-order chi connectivity index (χ1) is 35.6. The highest BCUT2D eigenvalue weighted by molar-refractivity contribution is 6.50. The van der Waals surface area contributed by atoms with Crippen LogP contribution in [0.5, 0.6) is 0 Å². The van der Waals surface area contributed by atoms with Crippen LogP contribution >= 0.6 is 0 Å². The first-order valence-corrected chi connectivity index (χ1v) is 24.4. The van der Waals surface area contributed by atoms with Crippen LogP contribution in [0, 0.1) is 31.6 Å². The van der Waals surface area contributed by atoms with Crippen molar-refractivity contribution in [2.24, 2.45) is 10.2 Å². The lowest BCUT2D eigenvalue weighted by atomic mass is 9.95. The fourth-order valence-electron chi connectivity index (χ4n) is 8.93. The van der Waals surface area contributed by atoms with E-state index in [4.69, 9.17) is 10.8 Å². The molecule has 7 aromatic rings. The molecular formula is C65H58N8. The minimum atomic E-state index is 0.360. The number of hydrogen-bond acceptors (Lipinski definition) is 8. The Hall–Kier alpha value is -9.40. The fourth-order valence-corrected chi connectivity index (χ4v) is 8.93. The number of allylic oxidation sites excluding steroid dienone is 13. The zero-order valence-electron chi connectivity index (χ0n) is 41.9. The van der Waals surface area contributed by atoms with Crippen molar-refractivity contribution in [2.45, 2.75) is 34.6 Å². The van der Waals surface area contributed by atoms with Crippen molar-refractivity contribution in [2.75, 3.05) is 20.7 Å². The highest BCUT2D eigenvalue weighted by Gasteiger charge is 2.19. The second kappa shape index (κ2) is 22.1. The molecule has 0 fully saturated rings. The van der Waals surface area contributed by atoms with Crippen LogP contribution in [0.4, 0.5) is 45.5 Å². The molecule has 0 aromatic heterocycles. The summed E-state index contributed by atoms with van der Waals surface area (Å²) in [4.78, 5) is 4.57.